The molecule has 1 fully saturated rings. The quantitative estimate of drug-likeness (QED) is 0.849. The van der Waals surface area contributed by atoms with E-state index in [0.29, 0.717) is 11.4 Å². The molecule has 20 heavy (non-hydrogen) atoms. The third kappa shape index (κ3) is 3.39. The predicted molar refractivity (Wildman–Crippen MR) is 78.2 cm³/mol. The highest BCUT2D eigenvalue weighted by Gasteiger charge is 2.24. The molecule has 1 atom stereocenters. The van der Waals surface area contributed by atoms with Crippen molar-refractivity contribution in [3.05, 3.63) is 18.3 Å². The number of hydrogen-bond acceptors (Lipinski definition) is 5. The van der Waals surface area contributed by atoms with Crippen LogP contribution in [0.4, 0.5) is 0 Å². The van der Waals surface area contributed by atoms with E-state index >= 15 is 0 Å². The van der Waals surface area contributed by atoms with Gasteiger partial charge < -0.3 is 0 Å². The topological polar surface area (TPSA) is 67.3 Å². The van der Waals surface area contributed by atoms with Crippen molar-refractivity contribution in [1.82, 2.24) is 9.29 Å². The van der Waals surface area contributed by atoms with Crippen molar-refractivity contribution >= 4 is 27.6 Å². The second-order valence-electron chi connectivity index (χ2n) is 4.94. The zero-order valence-electron chi connectivity index (χ0n) is 11.6. The first-order valence-corrected chi connectivity index (χ1v) is 8.81. The summed E-state index contributed by atoms with van der Waals surface area (Å²) in [5.74, 6) is 0.271. The number of carbonyl (C=O) groups excluding carboxylic acids is 1. The van der Waals surface area contributed by atoms with Crippen LogP contribution in [-0.2, 0) is 14.8 Å². The number of rotatable bonds is 4. The van der Waals surface area contributed by atoms with E-state index in [1.165, 1.54) is 38.1 Å². The van der Waals surface area contributed by atoms with Crippen LogP contribution in [0.5, 0.6) is 0 Å². The monoisotopic (exact) mass is 314 g/mol. The molecule has 7 heteroatoms. The highest BCUT2D eigenvalue weighted by Crippen LogP contribution is 2.30. The van der Waals surface area contributed by atoms with Crippen molar-refractivity contribution in [3.63, 3.8) is 0 Å². The first kappa shape index (κ1) is 15.5. The van der Waals surface area contributed by atoms with Crippen LogP contribution in [0.1, 0.15) is 25.7 Å². The summed E-state index contributed by atoms with van der Waals surface area (Å²) in [7, 11) is -0.473. The van der Waals surface area contributed by atoms with Gasteiger partial charge in [0.1, 0.15) is 10.7 Å². The molecule has 0 bridgehead atoms. The first-order chi connectivity index (χ1) is 9.41. The predicted octanol–water partition coefficient (Wildman–Crippen LogP) is 1.94. The van der Waals surface area contributed by atoms with Gasteiger partial charge in [0, 0.05) is 26.7 Å². The number of nitrogens with zero attached hydrogens (tertiary/aromatic N) is 2. The maximum absolute atomic E-state index is 11.9. The Bertz CT molecular complexity index is 582. The molecule has 2 rings (SSSR count). The van der Waals surface area contributed by atoms with E-state index in [-0.39, 0.29) is 15.9 Å². The molecular formula is C13H18N2O3S2. The van der Waals surface area contributed by atoms with Crippen LogP contribution >= 0.6 is 11.8 Å². The molecule has 0 unspecified atom stereocenters. The van der Waals surface area contributed by atoms with Crippen LogP contribution in [0.3, 0.4) is 0 Å². The highest BCUT2D eigenvalue weighted by molar-refractivity contribution is 8.00. The van der Waals surface area contributed by atoms with Crippen LogP contribution < -0.4 is 0 Å². The Morgan fingerprint density at radius 1 is 1.30 bits per heavy atom. The van der Waals surface area contributed by atoms with Crippen LogP contribution in [0.15, 0.2) is 28.3 Å². The molecule has 1 aromatic rings. The van der Waals surface area contributed by atoms with Crippen molar-refractivity contribution in [2.75, 3.05) is 14.1 Å². The van der Waals surface area contributed by atoms with Crippen LogP contribution in [0, 0.1) is 0 Å². The van der Waals surface area contributed by atoms with E-state index in [0.717, 1.165) is 23.6 Å². The lowest BCUT2D eigenvalue weighted by molar-refractivity contribution is -0.119. The van der Waals surface area contributed by atoms with E-state index in [2.05, 4.69) is 4.98 Å². The molecule has 1 aliphatic carbocycles. The summed E-state index contributed by atoms with van der Waals surface area (Å²) in [6.07, 6.45) is 4.92. The van der Waals surface area contributed by atoms with Crippen molar-refractivity contribution in [2.45, 2.75) is 40.9 Å². The third-order valence-corrected chi connectivity index (χ3v) is 6.31. The van der Waals surface area contributed by atoms with Gasteiger partial charge in [-0.1, -0.05) is 18.2 Å². The summed E-state index contributed by atoms with van der Waals surface area (Å²) in [6.45, 7) is 0. The lowest BCUT2D eigenvalue weighted by Crippen LogP contribution is -2.22. The minimum Gasteiger partial charge on any atom is -0.298 e. The number of aromatic nitrogens is 1. The van der Waals surface area contributed by atoms with E-state index in [1.54, 1.807) is 6.07 Å². The van der Waals surface area contributed by atoms with Gasteiger partial charge in [0.25, 0.3) is 0 Å². The van der Waals surface area contributed by atoms with Crippen molar-refractivity contribution < 1.29 is 13.2 Å². The van der Waals surface area contributed by atoms with Gasteiger partial charge in [0.15, 0.2) is 0 Å². The molecule has 0 spiro atoms. The third-order valence-electron chi connectivity index (χ3n) is 3.25. The minimum absolute atomic E-state index is 0.0347. The zero-order valence-corrected chi connectivity index (χ0v) is 13.2. The van der Waals surface area contributed by atoms with E-state index < -0.39 is 10.0 Å². The fourth-order valence-corrected chi connectivity index (χ4v) is 3.95. The van der Waals surface area contributed by atoms with Gasteiger partial charge in [0.05, 0.1) is 10.3 Å². The van der Waals surface area contributed by atoms with E-state index in [1.807, 2.05) is 0 Å². The Morgan fingerprint density at radius 3 is 2.60 bits per heavy atom. The average Bonchev–Trinajstić information content (AvgIpc) is 2.42. The van der Waals surface area contributed by atoms with E-state index in [4.69, 9.17) is 0 Å². The number of Topliss-reactive ketones (excluding diaryl/α,β-unsaturated/α-hetero) is 1. The fourth-order valence-electron chi connectivity index (χ4n) is 2.02. The standard InChI is InChI=1S/C13H18N2O3S2/c1-15(2)20(17,18)10-7-8-13(14-9-10)19-12-6-4-3-5-11(12)16/h7-9,12H,3-6H2,1-2H3/t12-/m1/s1. The number of hydrogen-bond donors (Lipinski definition) is 0. The molecular weight excluding hydrogens is 296 g/mol. The Labute approximate surface area is 123 Å². The van der Waals surface area contributed by atoms with Gasteiger partial charge in [-0.15, -0.1) is 0 Å². The summed E-state index contributed by atoms with van der Waals surface area (Å²) in [4.78, 5) is 16.1. The summed E-state index contributed by atoms with van der Waals surface area (Å²) < 4.78 is 25.0. The summed E-state index contributed by atoms with van der Waals surface area (Å²) >= 11 is 1.43. The Morgan fingerprint density at radius 2 is 2.05 bits per heavy atom. The largest absolute Gasteiger partial charge is 0.298 e. The van der Waals surface area contributed by atoms with Crippen LogP contribution in [0.25, 0.3) is 0 Å². The molecule has 0 saturated heterocycles. The van der Waals surface area contributed by atoms with Crippen molar-refractivity contribution in [2.24, 2.45) is 0 Å². The van der Waals surface area contributed by atoms with Gasteiger partial charge in [0.2, 0.25) is 10.0 Å². The summed E-state index contributed by atoms with van der Waals surface area (Å²) in [6, 6.07) is 3.21. The minimum atomic E-state index is -3.44. The molecule has 0 N–H and O–H groups in total. The number of ketones is 1. The smallest absolute Gasteiger partial charge is 0.244 e. The summed E-state index contributed by atoms with van der Waals surface area (Å²) in [5.41, 5.74) is 0. The van der Waals surface area contributed by atoms with E-state index in [9.17, 15) is 13.2 Å². The van der Waals surface area contributed by atoms with Crippen LogP contribution in [0.2, 0.25) is 0 Å². The van der Waals surface area contributed by atoms with Gasteiger partial charge in [-0.05, 0) is 25.0 Å². The molecule has 1 saturated carbocycles. The zero-order chi connectivity index (χ0) is 14.8. The molecule has 0 aliphatic heterocycles. The molecule has 1 aliphatic rings. The number of pyridine rings is 1. The molecule has 5 nitrogen and oxygen atoms in total. The molecule has 110 valence electrons. The Balaban J connectivity index is 2.11. The van der Waals surface area contributed by atoms with Crippen molar-refractivity contribution in [1.29, 1.82) is 0 Å². The van der Waals surface area contributed by atoms with Crippen LogP contribution in [-0.4, -0.2) is 42.8 Å². The average molecular weight is 314 g/mol. The number of sulfonamides is 1. The maximum Gasteiger partial charge on any atom is 0.244 e. The Hall–Kier alpha value is -0.920. The van der Waals surface area contributed by atoms with Gasteiger partial charge >= 0.3 is 0 Å². The number of thioether (sulfide) groups is 1. The van der Waals surface area contributed by atoms with Gasteiger partial charge in [-0.3, -0.25) is 4.79 Å². The van der Waals surface area contributed by atoms with Gasteiger partial charge in [-0.25, -0.2) is 17.7 Å². The second kappa shape index (κ2) is 6.24. The second-order valence-corrected chi connectivity index (χ2v) is 8.31. The normalized spacial score (nSPS) is 20.4. The lowest BCUT2D eigenvalue weighted by Gasteiger charge is -2.19. The van der Waals surface area contributed by atoms with Gasteiger partial charge in [-0.2, -0.15) is 0 Å². The van der Waals surface area contributed by atoms with Crippen molar-refractivity contribution in [3.8, 4) is 0 Å². The first-order valence-electron chi connectivity index (χ1n) is 6.49. The maximum atomic E-state index is 11.9. The Kier molecular flexibility index (Phi) is 4.82. The molecule has 1 heterocycles. The molecule has 0 radical (unpaired) electrons. The number of carbonyl (C=O) groups is 1. The summed E-state index contributed by atoms with van der Waals surface area (Å²) in [5, 5.41) is 0.663. The molecule has 1 aromatic heterocycles. The lowest BCUT2D eigenvalue weighted by atomic mass is 9.99. The molecule has 0 amide bonds. The SMILES string of the molecule is CN(C)S(=O)(=O)c1ccc(S[C@@H]2CCCCC2=O)nc1. The highest BCUT2D eigenvalue weighted by atomic mass is 32.2. The molecule has 0 aromatic carbocycles. The fraction of sp³-hybridized carbons (Fsp3) is 0.538.